The van der Waals surface area contributed by atoms with Gasteiger partial charge in [-0.25, -0.2) is 15.0 Å². The predicted molar refractivity (Wildman–Crippen MR) is 262 cm³/mol. The summed E-state index contributed by atoms with van der Waals surface area (Å²) in [5.41, 5.74) is 10.9. The van der Waals surface area contributed by atoms with Crippen molar-refractivity contribution >= 4 is 34.9 Å². The highest BCUT2D eigenvalue weighted by Gasteiger charge is 2.52. The number of fused-ring (bicyclic) bond motifs is 5. The number of hydrogen-bond acceptors (Lipinski definition) is 10. The molecule has 0 amide bonds. The molecule has 5 atom stereocenters. The van der Waals surface area contributed by atoms with Crippen molar-refractivity contribution in [2.24, 2.45) is 50.5 Å². The average molecular weight is 885 g/mol. The van der Waals surface area contributed by atoms with Gasteiger partial charge in [-0.3, -0.25) is 14.4 Å². The summed E-state index contributed by atoms with van der Waals surface area (Å²) >= 11 is 0. The Labute approximate surface area is 387 Å². The van der Waals surface area contributed by atoms with Crippen LogP contribution >= 0.6 is 0 Å². The number of aliphatic imine (C=N–C) groups is 3. The number of methoxy groups -OCH3 is 1. The maximum Gasteiger partial charge on any atom is 0.321 e. The van der Waals surface area contributed by atoms with Gasteiger partial charge in [-0.05, 0) is 105 Å². The molecule has 0 aromatic carbocycles. The summed E-state index contributed by atoms with van der Waals surface area (Å²) in [5, 5.41) is 14.1. The molecule has 10 heteroatoms. The molecule has 1 aliphatic carbocycles. The first kappa shape index (κ1) is 49.1. The van der Waals surface area contributed by atoms with E-state index in [0.29, 0.717) is 81.0 Å². The summed E-state index contributed by atoms with van der Waals surface area (Å²) in [4.78, 5) is 56.5. The molecule has 0 aromatic rings. The number of hydrogen-bond donors (Lipinski definition) is 2. The number of nitrogens with zero attached hydrogens (tertiary/aromatic N) is 3. The molecule has 0 spiro atoms. The van der Waals surface area contributed by atoms with E-state index in [1.807, 2.05) is 45.1 Å². The lowest BCUT2D eigenvalue weighted by Crippen LogP contribution is -2.26. The second kappa shape index (κ2) is 21.7. The first-order chi connectivity index (χ1) is 31.1. The maximum absolute atomic E-state index is 14.4. The van der Waals surface area contributed by atoms with Gasteiger partial charge in [-0.15, -0.1) is 0 Å². The predicted octanol–water partition coefficient (Wildman–Crippen LogP) is 12.1. The zero-order valence-corrected chi connectivity index (χ0v) is 40.7. The van der Waals surface area contributed by atoms with Crippen molar-refractivity contribution < 1.29 is 29.0 Å². The first-order valence-electron chi connectivity index (χ1n) is 24.1. The van der Waals surface area contributed by atoms with Gasteiger partial charge in [0.15, 0.2) is 5.78 Å². The fourth-order valence-electron chi connectivity index (χ4n) is 10.1. The van der Waals surface area contributed by atoms with Gasteiger partial charge in [0.05, 0.1) is 47.6 Å². The molecule has 1 saturated carbocycles. The van der Waals surface area contributed by atoms with E-state index < -0.39 is 11.9 Å². The number of Topliss-reactive ketones (excluding diaryl/α,β-unsaturated/α-hetero) is 1. The largest absolute Gasteiger partial charge is 0.515 e. The lowest BCUT2D eigenvalue weighted by Gasteiger charge is -2.19. The Kier molecular flexibility index (Phi) is 16.4. The summed E-state index contributed by atoms with van der Waals surface area (Å²) < 4.78 is 11.0. The van der Waals surface area contributed by atoms with E-state index in [2.05, 4.69) is 53.4 Å². The number of carbonyl (C=O) groups excluding carboxylic acids is 3. The Bertz CT molecular complexity index is 2350. The molecule has 10 nitrogen and oxygen atoms in total. The van der Waals surface area contributed by atoms with E-state index >= 15 is 0 Å². The van der Waals surface area contributed by atoms with Crippen molar-refractivity contribution in [2.45, 2.75) is 139 Å². The van der Waals surface area contributed by atoms with Crippen LogP contribution in [0.15, 0.2) is 131 Å². The number of esters is 2. The van der Waals surface area contributed by atoms with Crippen LogP contribution < -0.4 is 5.32 Å². The van der Waals surface area contributed by atoms with Crippen molar-refractivity contribution in [3.8, 4) is 0 Å². The molecule has 6 rings (SSSR count). The number of aliphatic hydroxyl groups is 1. The maximum atomic E-state index is 14.4. The second-order valence-corrected chi connectivity index (χ2v) is 19.4. The van der Waals surface area contributed by atoms with Crippen LogP contribution in [0.25, 0.3) is 0 Å². The molecule has 5 heterocycles. The quantitative estimate of drug-likeness (QED) is 0.0537. The van der Waals surface area contributed by atoms with E-state index in [1.165, 1.54) is 57.6 Å². The fourth-order valence-corrected chi connectivity index (χ4v) is 10.1. The molecule has 0 aromatic heterocycles. The Hall–Kier alpha value is -5.38. The molecule has 6 aliphatic rings. The van der Waals surface area contributed by atoms with Gasteiger partial charge in [0.2, 0.25) is 0 Å². The first-order valence-corrected chi connectivity index (χ1v) is 24.1. The molecule has 8 bridgehead atoms. The molecule has 0 unspecified atom stereocenters. The molecular formula is C55H72N4O6. The summed E-state index contributed by atoms with van der Waals surface area (Å²) in [6.45, 7) is 23.7. The average Bonchev–Trinajstić information content (AvgIpc) is 4.02. The van der Waals surface area contributed by atoms with Crippen molar-refractivity contribution in [2.75, 3.05) is 13.7 Å². The van der Waals surface area contributed by atoms with E-state index in [4.69, 9.17) is 24.5 Å². The Morgan fingerprint density at radius 3 is 2.25 bits per heavy atom. The topological polar surface area (TPSA) is 139 Å². The number of ketones is 1. The Morgan fingerprint density at radius 1 is 0.908 bits per heavy atom. The van der Waals surface area contributed by atoms with Crippen LogP contribution in [0.4, 0.5) is 0 Å². The summed E-state index contributed by atoms with van der Waals surface area (Å²) in [6.07, 6.45) is 22.9. The number of aliphatic hydroxyl groups excluding tert-OH is 1. The Morgan fingerprint density at radius 2 is 1.60 bits per heavy atom. The van der Waals surface area contributed by atoms with Crippen LogP contribution in [0.5, 0.6) is 0 Å². The summed E-state index contributed by atoms with van der Waals surface area (Å²) in [5.74, 6) is -0.732. The van der Waals surface area contributed by atoms with Gasteiger partial charge in [0, 0.05) is 51.9 Å². The van der Waals surface area contributed by atoms with Gasteiger partial charge in [-0.2, -0.15) is 0 Å². The number of nitrogens with one attached hydrogen (secondary N) is 1. The molecule has 1 saturated heterocycles. The molecule has 65 heavy (non-hydrogen) atoms. The number of rotatable bonds is 20. The summed E-state index contributed by atoms with van der Waals surface area (Å²) in [7, 11) is 1.29. The van der Waals surface area contributed by atoms with Gasteiger partial charge in [0.1, 0.15) is 12.5 Å². The van der Waals surface area contributed by atoms with Crippen LogP contribution in [-0.2, 0) is 23.9 Å². The van der Waals surface area contributed by atoms with Gasteiger partial charge in [0.25, 0.3) is 0 Å². The van der Waals surface area contributed by atoms with Crippen LogP contribution in [0.1, 0.15) is 139 Å². The van der Waals surface area contributed by atoms with Gasteiger partial charge in [-0.1, -0.05) is 105 Å². The minimum Gasteiger partial charge on any atom is -0.515 e. The smallest absolute Gasteiger partial charge is 0.321 e. The third kappa shape index (κ3) is 10.8. The van der Waals surface area contributed by atoms with Crippen molar-refractivity contribution in [1.82, 2.24) is 5.32 Å². The zero-order chi connectivity index (χ0) is 47.1. The minimum absolute atomic E-state index is 0.139. The number of carbonyl (C=O) groups is 3. The number of ether oxygens (including phenoxy) is 2. The molecule has 2 fully saturated rings. The monoisotopic (exact) mass is 885 g/mol. The van der Waals surface area contributed by atoms with E-state index in [1.54, 1.807) is 6.08 Å². The van der Waals surface area contributed by atoms with E-state index in [9.17, 15) is 19.5 Å². The molecular weight excluding hydrogens is 813 g/mol. The third-order valence-corrected chi connectivity index (χ3v) is 14.2. The minimum atomic E-state index is -1.23. The van der Waals surface area contributed by atoms with E-state index in [0.717, 1.165) is 53.4 Å². The lowest BCUT2D eigenvalue weighted by molar-refractivity contribution is -0.146. The van der Waals surface area contributed by atoms with Crippen molar-refractivity contribution in [3.63, 3.8) is 0 Å². The molecule has 348 valence electrons. The Balaban J connectivity index is 1.21. The second-order valence-electron chi connectivity index (χ2n) is 19.4. The summed E-state index contributed by atoms with van der Waals surface area (Å²) in [6, 6.07) is 0. The standard InChI is InChI=1S/C55H72N4O6/c1-12-38-35(8)42-27-43-36(9)40(23-24-48(61)65-26-25-34(7)22-16-21-33(6)20-15-19-32(5)18-14-17-31(3)4)52(58-43)50-51(55(63)64-11)54(62)49-37(10)44(59-53(49)50)28-46-39(13-2)41(30-60)47(57-46)29-45(38)56-42/h12,25,27-33,36,40,51,58,60H,1,13-24,26H2,2-11H3/b34-25+,41-30?,43-27?,44-28?,45-29?,52-50?/t32-,33-,36+,40+,51+/m1/s1. The molecule has 2 N–H and O–H groups in total. The van der Waals surface area contributed by atoms with Crippen LogP contribution in [0.2, 0.25) is 0 Å². The fraction of sp³-hybridized carbons (Fsp3) is 0.527. The molecule has 0 radical (unpaired) electrons. The van der Waals surface area contributed by atoms with Crippen LogP contribution in [0, 0.1) is 35.5 Å². The van der Waals surface area contributed by atoms with Gasteiger partial charge >= 0.3 is 11.9 Å². The highest BCUT2D eigenvalue weighted by Crippen LogP contribution is 2.47. The molecule has 5 aliphatic heterocycles. The van der Waals surface area contributed by atoms with Crippen LogP contribution in [-0.4, -0.2) is 53.7 Å². The zero-order valence-electron chi connectivity index (χ0n) is 40.7. The number of allylic oxidation sites excluding steroid dienone is 12. The highest BCUT2D eigenvalue weighted by atomic mass is 16.5. The normalized spacial score (nSPS) is 23.2. The van der Waals surface area contributed by atoms with E-state index in [-0.39, 0.29) is 36.6 Å². The SMILES string of the molecule is C=CC1=C(C)C2=NC1=CC1=NC(=C(CC)C1=CO)C=C1N=C3C(=C1C)C(=O)[C@@H](C(=O)OC)C3=C1NC(=C2)[C@@H](C)[C@@H]1CCC(=O)OC/C=C(\C)CCC[C@H](C)CCC[C@H](C)CCCC(C)C. The van der Waals surface area contributed by atoms with Gasteiger partial charge < -0.3 is 19.9 Å². The van der Waals surface area contributed by atoms with Crippen LogP contribution in [0.3, 0.4) is 0 Å². The highest BCUT2D eigenvalue weighted by molar-refractivity contribution is 6.42. The van der Waals surface area contributed by atoms with Crippen molar-refractivity contribution in [3.05, 3.63) is 116 Å². The third-order valence-electron chi connectivity index (χ3n) is 14.2. The van der Waals surface area contributed by atoms with Crippen molar-refractivity contribution in [1.29, 1.82) is 0 Å². The lowest BCUT2D eigenvalue weighted by atomic mass is 9.85.